The molecule has 1 saturated heterocycles. The average Bonchev–Trinajstić information content (AvgIpc) is 3.10. The van der Waals surface area contributed by atoms with Gasteiger partial charge in [-0.15, -0.1) is 0 Å². The van der Waals surface area contributed by atoms with Crippen LogP contribution in [-0.4, -0.2) is 55.2 Å². The maximum atomic E-state index is 12.9. The fraction of sp³-hybridized carbons (Fsp3) is 0.619. The first-order valence-corrected chi connectivity index (χ1v) is 9.63. The second-order valence-corrected chi connectivity index (χ2v) is 7.55. The summed E-state index contributed by atoms with van der Waals surface area (Å²) in [6.45, 7) is 7.78. The van der Waals surface area contributed by atoms with E-state index in [4.69, 9.17) is 9.47 Å². The van der Waals surface area contributed by atoms with Gasteiger partial charge in [-0.2, -0.15) is 0 Å². The third-order valence-electron chi connectivity index (χ3n) is 5.09. The Morgan fingerprint density at radius 2 is 1.96 bits per heavy atom. The van der Waals surface area contributed by atoms with Crippen LogP contribution in [0.1, 0.15) is 39.2 Å². The van der Waals surface area contributed by atoms with E-state index in [1.54, 1.807) is 4.90 Å². The quantitative estimate of drug-likeness (QED) is 0.670. The minimum Gasteiger partial charge on any atom is -0.467 e. The van der Waals surface area contributed by atoms with Gasteiger partial charge in [0.1, 0.15) is 0 Å². The van der Waals surface area contributed by atoms with E-state index < -0.39 is 5.54 Å². The molecule has 0 radical (unpaired) electrons. The Morgan fingerprint density at radius 1 is 1.26 bits per heavy atom. The highest BCUT2D eigenvalue weighted by Crippen LogP contribution is 2.34. The summed E-state index contributed by atoms with van der Waals surface area (Å²) in [5.41, 5.74) is 0.0497. The number of nitrogens with zero attached hydrogens (tertiary/aromatic N) is 1. The smallest absolute Gasteiger partial charge is 0.333 e. The van der Waals surface area contributed by atoms with E-state index in [1.807, 2.05) is 30.3 Å². The third-order valence-corrected chi connectivity index (χ3v) is 5.09. The molecule has 2 atom stereocenters. The second kappa shape index (κ2) is 9.85. The van der Waals surface area contributed by atoms with Crippen LogP contribution in [0.4, 0.5) is 0 Å². The zero-order chi connectivity index (χ0) is 19.9. The predicted molar refractivity (Wildman–Crippen MR) is 104 cm³/mol. The first-order chi connectivity index (χ1) is 12.9. The fourth-order valence-corrected chi connectivity index (χ4v) is 3.79. The molecule has 1 amide bonds. The lowest BCUT2D eigenvalue weighted by atomic mass is 9.86. The SMILES string of the molecule is COC(=O)C1(C(COCc2ccccc2)NCC(C)C)CCCN1C(C)=O. The summed E-state index contributed by atoms with van der Waals surface area (Å²) in [6.07, 6.45) is 1.34. The van der Waals surface area contributed by atoms with E-state index in [-0.39, 0.29) is 17.9 Å². The number of likely N-dealkylation sites (tertiary alicyclic amines) is 1. The van der Waals surface area contributed by atoms with Crippen molar-refractivity contribution in [3.63, 3.8) is 0 Å². The summed E-state index contributed by atoms with van der Waals surface area (Å²) in [5.74, 6) is -0.0828. The van der Waals surface area contributed by atoms with Crippen LogP contribution in [0.3, 0.4) is 0 Å². The van der Waals surface area contributed by atoms with Gasteiger partial charge in [-0.05, 0) is 30.9 Å². The van der Waals surface area contributed by atoms with Crippen LogP contribution >= 0.6 is 0 Å². The Balaban J connectivity index is 2.22. The lowest BCUT2D eigenvalue weighted by Gasteiger charge is -2.42. The summed E-state index contributed by atoms with van der Waals surface area (Å²) in [6, 6.07) is 9.58. The fourth-order valence-electron chi connectivity index (χ4n) is 3.79. The molecule has 1 N–H and O–H groups in total. The van der Waals surface area contributed by atoms with Crippen LogP contribution in [0.5, 0.6) is 0 Å². The molecular formula is C21H32N2O4. The summed E-state index contributed by atoms with van der Waals surface area (Å²) in [5, 5.41) is 3.47. The zero-order valence-corrected chi connectivity index (χ0v) is 16.9. The van der Waals surface area contributed by atoms with Crippen molar-refractivity contribution in [2.75, 3.05) is 26.8 Å². The molecule has 1 aromatic rings. The number of amides is 1. The number of esters is 1. The highest BCUT2D eigenvalue weighted by atomic mass is 16.5. The lowest BCUT2D eigenvalue weighted by molar-refractivity contribution is -0.162. The Bertz CT molecular complexity index is 620. The summed E-state index contributed by atoms with van der Waals surface area (Å²) < 4.78 is 11.1. The number of hydrogen-bond donors (Lipinski definition) is 1. The number of rotatable bonds is 9. The van der Waals surface area contributed by atoms with Gasteiger partial charge in [0, 0.05) is 13.5 Å². The molecular weight excluding hydrogens is 344 g/mol. The van der Waals surface area contributed by atoms with Crippen molar-refractivity contribution in [2.24, 2.45) is 5.92 Å². The van der Waals surface area contributed by atoms with Gasteiger partial charge in [0.05, 0.1) is 26.4 Å². The molecule has 0 aliphatic carbocycles. The Labute approximate surface area is 162 Å². The Kier molecular flexibility index (Phi) is 7.80. The first-order valence-electron chi connectivity index (χ1n) is 9.63. The van der Waals surface area contributed by atoms with E-state index in [9.17, 15) is 9.59 Å². The lowest BCUT2D eigenvalue weighted by Crippen LogP contribution is -2.66. The van der Waals surface area contributed by atoms with Crippen LogP contribution in [0, 0.1) is 5.92 Å². The van der Waals surface area contributed by atoms with Gasteiger partial charge in [0.15, 0.2) is 5.54 Å². The summed E-state index contributed by atoms with van der Waals surface area (Å²) in [4.78, 5) is 26.8. The summed E-state index contributed by atoms with van der Waals surface area (Å²) >= 11 is 0. The molecule has 150 valence electrons. The van der Waals surface area contributed by atoms with Gasteiger partial charge in [0.25, 0.3) is 0 Å². The van der Waals surface area contributed by atoms with E-state index in [0.29, 0.717) is 32.1 Å². The Morgan fingerprint density at radius 3 is 2.56 bits per heavy atom. The molecule has 27 heavy (non-hydrogen) atoms. The number of hydrogen-bond acceptors (Lipinski definition) is 5. The maximum absolute atomic E-state index is 12.9. The molecule has 2 rings (SSSR count). The van der Waals surface area contributed by atoms with Crippen LogP contribution in [0.15, 0.2) is 30.3 Å². The van der Waals surface area contributed by atoms with Gasteiger partial charge < -0.3 is 19.7 Å². The topological polar surface area (TPSA) is 67.9 Å². The third kappa shape index (κ3) is 5.08. The van der Waals surface area contributed by atoms with Crippen molar-refractivity contribution in [1.82, 2.24) is 10.2 Å². The molecule has 0 bridgehead atoms. The Hall–Kier alpha value is -1.92. The maximum Gasteiger partial charge on any atom is 0.333 e. The molecule has 0 spiro atoms. The normalized spacial score (nSPS) is 20.7. The molecule has 6 nitrogen and oxygen atoms in total. The minimum absolute atomic E-state index is 0.114. The van der Waals surface area contributed by atoms with Gasteiger partial charge in [0.2, 0.25) is 5.91 Å². The van der Waals surface area contributed by atoms with Gasteiger partial charge in [-0.3, -0.25) is 4.79 Å². The average molecular weight is 376 g/mol. The van der Waals surface area contributed by atoms with E-state index in [1.165, 1.54) is 14.0 Å². The largest absolute Gasteiger partial charge is 0.467 e. The van der Waals surface area contributed by atoms with E-state index in [2.05, 4.69) is 19.2 Å². The van der Waals surface area contributed by atoms with Crippen LogP contribution in [0.25, 0.3) is 0 Å². The molecule has 1 aliphatic heterocycles. The number of carbonyl (C=O) groups excluding carboxylic acids is 2. The highest BCUT2D eigenvalue weighted by Gasteiger charge is 2.55. The van der Waals surface area contributed by atoms with Crippen molar-refractivity contribution in [1.29, 1.82) is 0 Å². The van der Waals surface area contributed by atoms with Crippen LogP contribution in [-0.2, 0) is 25.7 Å². The van der Waals surface area contributed by atoms with Gasteiger partial charge >= 0.3 is 5.97 Å². The van der Waals surface area contributed by atoms with Crippen molar-refractivity contribution >= 4 is 11.9 Å². The highest BCUT2D eigenvalue weighted by molar-refractivity contribution is 5.89. The standard InChI is InChI=1S/C21H32N2O4/c1-16(2)13-22-19(15-27-14-18-9-6-5-7-10-18)21(20(25)26-4)11-8-12-23(21)17(3)24/h5-7,9-10,16,19,22H,8,11-15H2,1-4H3. The molecule has 0 saturated carbocycles. The van der Waals surface area contributed by atoms with E-state index in [0.717, 1.165) is 18.5 Å². The van der Waals surface area contributed by atoms with Crippen LogP contribution in [0.2, 0.25) is 0 Å². The molecule has 0 aromatic heterocycles. The van der Waals surface area contributed by atoms with Gasteiger partial charge in [-0.25, -0.2) is 4.79 Å². The van der Waals surface area contributed by atoms with Crippen LogP contribution < -0.4 is 5.32 Å². The van der Waals surface area contributed by atoms with Crippen molar-refractivity contribution in [3.8, 4) is 0 Å². The van der Waals surface area contributed by atoms with Crippen molar-refractivity contribution in [2.45, 2.75) is 51.8 Å². The molecule has 1 fully saturated rings. The molecule has 1 heterocycles. The predicted octanol–water partition coefficient (Wildman–Crippen LogP) is 2.37. The number of methoxy groups -OCH3 is 1. The second-order valence-electron chi connectivity index (χ2n) is 7.55. The number of carbonyl (C=O) groups is 2. The minimum atomic E-state index is -1.02. The number of benzene rings is 1. The molecule has 2 unspecified atom stereocenters. The molecule has 1 aromatic carbocycles. The van der Waals surface area contributed by atoms with E-state index >= 15 is 0 Å². The number of ether oxygens (including phenoxy) is 2. The molecule has 1 aliphatic rings. The van der Waals surface area contributed by atoms with Crippen molar-refractivity contribution < 1.29 is 19.1 Å². The summed E-state index contributed by atoms with van der Waals surface area (Å²) in [7, 11) is 1.38. The molecule has 6 heteroatoms. The zero-order valence-electron chi connectivity index (χ0n) is 16.9. The van der Waals surface area contributed by atoms with Crippen molar-refractivity contribution in [3.05, 3.63) is 35.9 Å². The first kappa shape index (κ1) is 21.4. The monoisotopic (exact) mass is 376 g/mol. The van der Waals surface area contributed by atoms with Gasteiger partial charge in [-0.1, -0.05) is 44.2 Å². The number of nitrogens with one attached hydrogen (secondary N) is 1.